The van der Waals surface area contributed by atoms with E-state index in [-0.39, 0.29) is 6.61 Å². The number of ether oxygens (including phenoxy) is 2. The summed E-state index contributed by atoms with van der Waals surface area (Å²) in [5.74, 6) is -0.0191. The molecule has 1 aliphatic rings. The maximum absolute atomic E-state index is 11.8. The molecule has 1 saturated heterocycles. The highest BCUT2D eigenvalue weighted by molar-refractivity contribution is 5.92. The van der Waals surface area contributed by atoms with Crippen molar-refractivity contribution in [3.8, 4) is 5.75 Å². The number of carbonyl (C=O) groups excluding carboxylic acids is 1. The predicted octanol–water partition coefficient (Wildman–Crippen LogP) is 2.04. The Bertz CT molecular complexity index is 730. The summed E-state index contributed by atoms with van der Waals surface area (Å²) in [6.45, 7) is 4.33. The molecule has 1 unspecified atom stereocenters. The van der Waals surface area contributed by atoms with E-state index in [0.717, 1.165) is 26.2 Å². The van der Waals surface area contributed by atoms with Gasteiger partial charge in [0.05, 0.1) is 7.11 Å². The monoisotopic (exact) mass is 370 g/mol. The van der Waals surface area contributed by atoms with Crippen LogP contribution in [0.25, 0.3) is 0 Å². The van der Waals surface area contributed by atoms with Gasteiger partial charge in [-0.15, -0.1) is 0 Å². The molecular weight excluding hydrogens is 344 g/mol. The molecule has 2 aromatic rings. The van der Waals surface area contributed by atoms with Crippen molar-refractivity contribution in [1.29, 1.82) is 0 Å². The maximum Gasteiger partial charge on any atom is 0.341 e. The maximum atomic E-state index is 11.8. The van der Waals surface area contributed by atoms with Gasteiger partial charge < -0.3 is 19.5 Å². The minimum absolute atomic E-state index is 0.132. The molecule has 144 valence electrons. The topological polar surface area (TPSA) is 62.2 Å². The number of methoxy groups -OCH3 is 1. The molecule has 27 heavy (non-hydrogen) atoms. The molecule has 6 nitrogen and oxygen atoms in total. The molecule has 0 radical (unpaired) electrons. The second-order valence-corrected chi connectivity index (χ2v) is 6.58. The minimum Gasteiger partial charge on any atom is -0.490 e. The fraction of sp³-hybridized carbons (Fsp3) is 0.381. The summed E-state index contributed by atoms with van der Waals surface area (Å²) in [6.07, 6.45) is -0.626. The first-order valence-electron chi connectivity index (χ1n) is 9.18. The molecule has 2 aromatic carbocycles. The van der Waals surface area contributed by atoms with E-state index >= 15 is 0 Å². The fourth-order valence-electron chi connectivity index (χ4n) is 3.24. The first kappa shape index (κ1) is 19.2. The number of β-amino-alcohol motifs (C(OH)–C–C–N with tert-alkyl or cyclic N) is 1. The Morgan fingerprint density at radius 1 is 1.04 bits per heavy atom. The molecule has 1 aliphatic heterocycles. The number of carbonyl (C=O) groups is 1. The summed E-state index contributed by atoms with van der Waals surface area (Å²) >= 11 is 0. The Labute approximate surface area is 159 Å². The summed E-state index contributed by atoms with van der Waals surface area (Å²) in [7, 11) is 1.34. The Kier molecular flexibility index (Phi) is 6.68. The minimum atomic E-state index is -0.626. The average molecular weight is 370 g/mol. The Balaban J connectivity index is 1.46. The Morgan fingerprint density at radius 2 is 1.70 bits per heavy atom. The molecule has 0 spiro atoms. The van der Waals surface area contributed by atoms with Gasteiger partial charge in [0.1, 0.15) is 24.0 Å². The molecule has 0 aliphatic carbocycles. The van der Waals surface area contributed by atoms with Crippen LogP contribution in [0.2, 0.25) is 0 Å². The third-order valence-corrected chi connectivity index (χ3v) is 4.69. The van der Waals surface area contributed by atoms with Gasteiger partial charge in [-0.05, 0) is 24.3 Å². The van der Waals surface area contributed by atoms with E-state index in [1.165, 1.54) is 12.8 Å². The Morgan fingerprint density at radius 3 is 2.41 bits per heavy atom. The number of anilines is 1. The van der Waals surface area contributed by atoms with Crippen LogP contribution in [0, 0.1) is 0 Å². The van der Waals surface area contributed by atoms with E-state index in [4.69, 9.17) is 9.47 Å². The van der Waals surface area contributed by atoms with Crippen LogP contribution in [0.1, 0.15) is 10.4 Å². The lowest BCUT2D eigenvalue weighted by Gasteiger charge is -2.36. The number of hydrogen-bond donors (Lipinski definition) is 1. The number of benzene rings is 2. The largest absolute Gasteiger partial charge is 0.490 e. The molecule has 1 heterocycles. The molecule has 0 saturated carbocycles. The molecular formula is C21H26N2O4. The second-order valence-electron chi connectivity index (χ2n) is 6.58. The zero-order valence-corrected chi connectivity index (χ0v) is 15.6. The molecule has 0 aromatic heterocycles. The number of aliphatic hydroxyl groups is 1. The van der Waals surface area contributed by atoms with Crippen molar-refractivity contribution in [2.45, 2.75) is 6.10 Å². The van der Waals surface area contributed by atoms with E-state index in [2.05, 4.69) is 34.1 Å². The lowest BCUT2D eigenvalue weighted by atomic mass is 10.2. The average Bonchev–Trinajstić information content (AvgIpc) is 2.73. The van der Waals surface area contributed by atoms with Crippen molar-refractivity contribution >= 4 is 11.7 Å². The normalized spacial score (nSPS) is 16.0. The molecule has 6 heteroatoms. The number of para-hydroxylation sites is 2. The van der Waals surface area contributed by atoms with Crippen LogP contribution in [0.15, 0.2) is 54.6 Å². The second kappa shape index (κ2) is 9.39. The highest BCUT2D eigenvalue weighted by atomic mass is 16.5. The molecule has 1 atom stereocenters. The van der Waals surface area contributed by atoms with Gasteiger partial charge in [0.15, 0.2) is 0 Å². The Hall–Kier alpha value is -2.57. The standard InChI is InChI=1S/C21H26N2O4/c1-26-21(25)19-9-5-6-10-20(19)27-16-18(24)15-22-11-13-23(14-12-22)17-7-3-2-4-8-17/h2-10,18,24H,11-16H2,1H3. The highest BCUT2D eigenvalue weighted by Crippen LogP contribution is 2.19. The van der Waals surface area contributed by atoms with Crippen LogP contribution in [0.3, 0.4) is 0 Å². The summed E-state index contributed by atoms with van der Waals surface area (Å²) in [4.78, 5) is 16.4. The fourth-order valence-corrected chi connectivity index (χ4v) is 3.24. The van der Waals surface area contributed by atoms with Crippen LogP contribution in [0.5, 0.6) is 5.75 Å². The smallest absolute Gasteiger partial charge is 0.341 e. The van der Waals surface area contributed by atoms with Gasteiger partial charge in [-0.2, -0.15) is 0 Å². The van der Waals surface area contributed by atoms with Crippen LogP contribution < -0.4 is 9.64 Å². The van der Waals surface area contributed by atoms with Crippen molar-refractivity contribution in [3.05, 3.63) is 60.2 Å². The highest BCUT2D eigenvalue weighted by Gasteiger charge is 2.20. The molecule has 3 rings (SSSR count). The van der Waals surface area contributed by atoms with E-state index < -0.39 is 12.1 Å². The number of rotatable bonds is 7. The van der Waals surface area contributed by atoms with Gasteiger partial charge in [-0.1, -0.05) is 30.3 Å². The molecule has 1 N–H and O–H groups in total. The van der Waals surface area contributed by atoms with E-state index in [1.807, 2.05) is 6.07 Å². The SMILES string of the molecule is COC(=O)c1ccccc1OCC(O)CN1CCN(c2ccccc2)CC1. The van der Waals surface area contributed by atoms with Crippen molar-refractivity contribution in [2.75, 3.05) is 51.3 Å². The third-order valence-electron chi connectivity index (χ3n) is 4.69. The van der Waals surface area contributed by atoms with Gasteiger partial charge in [0.2, 0.25) is 0 Å². The third kappa shape index (κ3) is 5.21. The van der Waals surface area contributed by atoms with Gasteiger partial charge >= 0.3 is 5.97 Å². The van der Waals surface area contributed by atoms with Crippen LogP contribution >= 0.6 is 0 Å². The van der Waals surface area contributed by atoms with Crippen molar-refractivity contribution in [1.82, 2.24) is 4.90 Å². The molecule has 0 amide bonds. The lowest BCUT2D eigenvalue weighted by Crippen LogP contribution is -2.49. The molecule has 1 fully saturated rings. The van der Waals surface area contributed by atoms with Crippen molar-refractivity contribution in [2.24, 2.45) is 0 Å². The van der Waals surface area contributed by atoms with Crippen LogP contribution in [0.4, 0.5) is 5.69 Å². The summed E-state index contributed by atoms with van der Waals surface area (Å²) in [5.41, 5.74) is 1.60. The first-order chi connectivity index (χ1) is 13.2. The predicted molar refractivity (Wildman–Crippen MR) is 104 cm³/mol. The van der Waals surface area contributed by atoms with Crippen molar-refractivity contribution in [3.63, 3.8) is 0 Å². The van der Waals surface area contributed by atoms with Crippen LogP contribution in [-0.4, -0.2) is 68.5 Å². The summed E-state index contributed by atoms with van der Waals surface area (Å²) < 4.78 is 10.4. The van der Waals surface area contributed by atoms with Crippen molar-refractivity contribution < 1.29 is 19.4 Å². The zero-order valence-electron chi connectivity index (χ0n) is 15.6. The van der Waals surface area contributed by atoms with E-state index in [1.54, 1.807) is 24.3 Å². The first-order valence-corrected chi connectivity index (χ1v) is 9.18. The number of hydrogen-bond acceptors (Lipinski definition) is 6. The zero-order chi connectivity index (χ0) is 19.1. The van der Waals surface area contributed by atoms with E-state index in [0.29, 0.717) is 17.9 Å². The number of aliphatic hydroxyl groups excluding tert-OH is 1. The number of nitrogens with zero attached hydrogens (tertiary/aromatic N) is 2. The molecule has 0 bridgehead atoms. The summed E-state index contributed by atoms with van der Waals surface area (Å²) in [6, 6.07) is 17.3. The quantitative estimate of drug-likeness (QED) is 0.753. The summed E-state index contributed by atoms with van der Waals surface area (Å²) in [5, 5.41) is 10.3. The number of esters is 1. The lowest BCUT2D eigenvalue weighted by molar-refractivity contribution is 0.0563. The van der Waals surface area contributed by atoms with Crippen LogP contribution in [-0.2, 0) is 4.74 Å². The van der Waals surface area contributed by atoms with Gasteiger partial charge in [-0.25, -0.2) is 4.79 Å². The van der Waals surface area contributed by atoms with Gasteiger partial charge in [0, 0.05) is 38.4 Å². The van der Waals surface area contributed by atoms with E-state index in [9.17, 15) is 9.90 Å². The van der Waals surface area contributed by atoms with Gasteiger partial charge in [0.25, 0.3) is 0 Å². The van der Waals surface area contributed by atoms with Gasteiger partial charge in [-0.3, -0.25) is 4.90 Å². The number of piperazine rings is 1.